The fraction of sp³-hybridized carbons (Fsp3) is 0.600. The summed E-state index contributed by atoms with van der Waals surface area (Å²) in [5.41, 5.74) is 4.79. The van der Waals surface area contributed by atoms with E-state index < -0.39 is 0 Å². The fourth-order valence-electron chi connectivity index (χ4n) is 6.13. The number of aromatic nitrogens is 3. The highest BCUT2D eigenvalue weighted by molar-refractivity contribution is 5.94. The Labute approximate surface area is 220 Å². The van der Waals surface area contributed by atoms with Gasteiger partial charge in [0.25, 0.3) is 0 Å². The zero-order chi connectivity index (χ0) is 25.4. The number of rotatable bonds is 8. The van der Waals surface area contributed by atoms with Crippen LogP contribution in [0, 0.1) is 5.92 Å². The predicted molar refractivity (Wildman–Crippen MR) is 150 cm³/mol. The first-order valence-electron chi connectivity index (χ1n) is 14.3. The number of aliphatic hydroxyl groups excluding tert-OH is 1. The van der Waals surface area contributed by atoms with Gasteiger partial charge >= 0.3 is 0 Å². The molecule has 198 valence electrons. The lowest BCUT2D eigenvalue weighted by Gasteiger charge is -2.32. The van der Waals surface area contributed by atoms with Crippen molar-refractivity contribution < 1.29 is 5.11 Å². The third-order valence-electron chi connectivity index (χ3n) is 8.66. The van der Waals surface area contributed by atoms with Gasteiger partial charge in [0.05, 0.1) is 6.10 Å². The molecule has 3 heterocycles. The summed E-state index contributed by atoms with van der Waals surface area (Å²) in [5.74, 6) is 1.60. The van der Waals surface area contributed by atoms with Gasteiger partial charge in [0.1, 0.15) is 5.65 Å². The SMILES string of the molecule is C[C@H](CC1CC1)Nc1ncc2c(-c3ccc(CN4CCN(C)CC4)cc3)cn(C3CCC(O)CC3)c2n1. The van der Waals surface area contributed by atoms with Gasteiger partial charge in [-0.1, -0.05) is 37.1 Å². The first kappa shape index (κ1) is 24.8. The molecular formula is C30H42N6O. The number of benzene rings is 1. The largest absolute Gasteiger partial charge is 0.393 e. The van der Waals surface area contributed by atoms with E-state index in [-0.39, 0.29) is 6.10 Å². The molecule has 7 nitrogen and oxygen atoms in total. The molecule has 1 saturated heterocycles. The van der Waals surface area contributed by atoms with Gasteiger partial charge in [-0.25, -0.2) is 4.98 Å². The Morgan fingerprint density at radius 3 is 2.43 bits per heavy atom. The van der Waals surface area contributed by atoms with Crippen LogP contribution in [-0.4, -0.2) is 74.8 Å². The summed E-state index contributed by atoms with van der Waals surface area (Å²) in [4.78, 5) is 14.7. The van der Waals surface area contributed by atoms with E-state index in [4.69, 9.17) is 9.97 Å². The van der Waals surface area contributed by atoms with Gasteiger partial charge in [0, 0.05) is 68.2 Å². The molecule has 3 aliphatic rings. The molecular weight excluding hydrogens is 460 g/mol. The Hall–Kier alpha value is -2.48. The average molecular weight is 503 g/mol. The van der Waals surface area contributed by atoms with Crippen LogP contribution in [0.15, 0.2) is 36.7 Å². The van der Waals surface area contributed by atoms with Gasteiger partial charge in [-0.05, 0) is 63.1 Å². The molecule has 0 spiro atoms. The highest BCUT2D eigenvalue weighted by Crippen LogP contribution is 2.37. The minimum atomic E-state index is -0.166. The maximum atomic E-state index is 10.1. The summed E-state index contributed by atoms with van der Waals surface area (Å²) >= 11 is 0. The average Bonchev–Trinajstić information content (AvgIpc) is 3.64. The van der Waals surface area contributed by atoms with Crippen molar-refractivity contribution in [2.45, 2.75) is 76.6 Å². The number of piperazine rings is 1. The van der Waals surface area contributed by atoms with E-state index in [1.165, 1.54) is 36.0 Å². The normalized spacial score (nSPS) is 24.4. The minimum Gasteiger partial charge on any atom is -0.393 e. The Balaban J connectivity index is 1.27. The van der Waals surface area contributed by atoms with E-state index in [1.807, 2.05) is 6.20 Å². The van der Waals surface area contributed by atoms with Crippen LogP contribution in [0.2, 0.25) is 0 Å². The third-order valence-corrected chi connectivity index (χ3v) is 8.66. The van der Waals surface area contributed by atoms with Gasteiger partial charge in [0.15, 0.2) is 0 Å². The highest BCUT2D eigenvalue weighted by Gasteiger charge is 2.26. The van der Waals surface area contributed by atoms with Gasteiger partial charge in [0.2, 0.25) is 5.95 Å². The quantitative estimate of drug-likeness (QED) is 0.456. The van der Waals surface area contributed by atoms with Crippen molar-refractivity contribution >= 4 is 17.0 Å². The number of hydrogen-bond donors (Lipinski definition) is 2. The molecule has 3 aromatic rings. The molecule has 7 heteroatoms. The molecule has 1 aliphatic heterocycles. The van der Waals surface area contributed by atoms with E-state index in [1.54, 1.807) is 0 Å². The van der Waals surface area contributed by atoms with Crippen LogP contribution in [-0.2, 0) is 6.54 Å². The maximum absolute atomic E-state index is 10.1. The molecule has 3 fully saturated rings. The minimum absolute atomic E-state index is 0.166. The van der Waals surface area contributed by atoms with Crippen molar-refractivity contribution in [1.29, 1.82) is 0 Å². The zero-order valence-electron chi connectivity index (χ0n) is 22.4. The van der Waals surface area contributed by atoms with Crippen molar-refractivity contribution in [3.05, 3.63) is 42.2 Å². The third kappa shape index (κ3) is 5.84. The number of nitrogens with zero attached hydrogens (tertiary/aromatic N) is 5. The Morgan fingerprint density at radius 1 is 1.00 bits per heavy atom. The second-order valence-electron chi connectivity index (χ2n) is 11.8. The number of anilines is 1. The number of aliphatic hydroxyl groups is 1. The van der Waals surface area contributed by atoms with Crippen molar-refractivity contribution in [1.82, 2.24) is 24.3 Å². The van der Waals surface area contributed by atoms with Crippen LogP contribution >= 0.6 is 0 Å². The Kier molecular flexibility index (Phi) is 7.19. The summed E-state index contributed by atoms with van der Waals surface area (Å²) in [6, 6.07) is 9.83. The van der Waals surface area contributed by atoms with E-state index in [2.05, 4.69) is 64.1 Å². The van der Waals surface area contributed by atoms with E-state index in [0.29, 0.717) is 12.1 Å². The van der Waals surface area contributed by atoms with Crippen LogP contribution in [0.4, 0.5) is 5.95 Å². The molecule has 1 atom stereocenters. The number of nitrogens with one attached hydrogen (secondary N) is 1. The van der Waals surface area contributed by atoms with Crippen LogP contribution in [0.3, 0.4) is 0 Å². The molecule has 37 heavy (non-hydrogen) atoms. The standard InChI is InChI=1S/C30H42N6O/c1-21(17-22-3-4-22)32-30-31-18-27-28(20-36(29(27)33-30)25-9-11-26(37)12-10-25)24-7-5-23(6-8-24)19-35-15-13-34(2)14-16-35/h5-8,18,20-22,25-26,37H,3-4,9-17,19H2,1-2H3,(H,31,32,33)/t21-,25?,26?/m1/s1. The van der Waals surface area contributed by atoms with Gasteiger partial charge < -0.3 is 19.9 Å². The summed E-state index contributed by atoms with van der Waals surface area (Å²) in [5, 5.41) is 14.8. The number of hydrogen-bond acceptors (Lipinski definition) is 6. The topological polar surface area (TPSA) is 69.5 Å². The summed E-state index contributed by atoms with van der Waals surface area (Å²) in [7, 11) is 2.20. The zero-order valence-corrected chi connectivity index (χ0v) is 22.4. The molecule has 0 bridgehead atoms. The van der Waals surface area contributed by atoms with Gasteiger partial charge in [-0.15, -0.1) is 0 Å². The number of likely N-dealkylation sites (N-methyl/N-ethyl adjacent to an activating group) is 1. The molecule has 2 aliphatic carbocycles. The lowest BCUT2D eigenvalue weighted by molar-refractivity contribution is 0.111. The van der Waals surface area contributed by atoms with E-state index in [9.17, 15) is 5.11 Å². The van der Waals surface area contributed by atoms with Crippen LogP contribution in [0.25, 0.3) is 22.2 Å². The lowest BCUT2D eigenvalue weighted by Crippen LogP contribution is -2.43. The van der Waals surface area contributed by atoms with Crippen molar-refractivity contribution in [3.8, 4) is 11.1 Å². The molecule has 0 radical (unpaired) electrons. The first-order valence-corrected chi connectivity index (χ1v) is 14.3. The van der Waals surface area contributed by atoms with Crippen molar-refractivity contribution in [3.63, 3.8) is 0 Å². The van der Waals surface area contributed by atoms with Crippen molar-refractivity contribution in [2.24, 2.45) is 5.92 Å². The molecule has 1 aromatic carbocycles. The van der Waals surface area contributed by atoms with Crippen LogP contribution < -0.4 is 5.32 Å². The fourth-order valence-corrected chi connectivity index (χ4v) is 6.13. The summed E-state index contributed by atoms with van der Waals surface area (Å²) in [6.45, 7) is 7.81. The molecule has 2 saturated carbocycles. The number of fused-ring (bicyclic) bond motifs is 1. The molecule has 2 aromatic heterocycles. The first-order chi connectivity index (χ1) is 18.0. The summed E-state index contributed by atoms with van der Waals surface area (Å²) in [6.07, 6.45) is 11.7. The van der Waals surface area contributed by atoms with Crippen LogP contribution in [0.1, 0.15) is 63.5 Å². The molecule has 6 rings (SSSR count). The van der Waals surface area contributed by atoms with Gasteiger partial charge in [-0.2, -0.15) is 4.98 Å². The highest BCUT2D eigenvalue weighted by atomic mass is 16.3. The Bertz CT molecular complexity index is 1190. The molecule has 2 N–H and O–H groups in total. The van der Waals surface area contributed by atoms with Crippen molar-refractivity contribution in [2.75, 3.05) is 38.5 Å². The molecule has 0 unspecified atom stereocenters. The van der Waals surface area contributed by atoms with Gasteiger partial charge in [-0.3, -0.25) is 4.90 Å². The van der Waals surface area contributed by atoms with E-state index >= 15 is 0 Å². The summed E-state index contributed by atoms with van der Waals surface area (Å²) < 4.78 is 2.37. The monoisotopic (exact) mass is 502 g/mol. The smallest absolute Gasteiger partial charge is 0.224 e. The van der Waals surface area contributed by atoms with Crippen LogP contribution in [0.5, 0.6) is 0 Å². The lowest BCUT2D eigenvalue weighted by atomic mass is 9.93. The second kappa shape index (κ2) is 10.7. The Morgan fingerprint density at radius 2 is 1.73 bits per heavy atom. The maximum Gasteiger partial charge on any atom is 0.224 e. The predicted octanol–water partition coefficient (Wildman–Crippen LogP) is 4.92. The second-order valence-corrected chi connectivity index (χ2v) is 11.8. The van der Waals surface area contributed by atoms with E-state index in [0.717, 1.165) is 81.3 Å². The molecule has 0 amide bonds.